The van der Waals surface area contributed by atoms with E-state index in [9.17, 15) is 9.59 Å². The Hall–Kier alpha value is -3.60. The number of esters is 1. The van der Waals surface area contributed by atoms with Gasteiger partial charge in [-0.05, 0) is 29.3 Å². The van der Waals surface area contributed by atoms with E-state index in [4.69, 9.17) is 9.47 Å². The van der Waals surface area contributed by atoms with Crippen LogP contribution in [0.3, 0.4) is 0 Å². The lowest BCUT2D eigenvalue weighted by molar-refractivity contribution is -0.141. The zero-order valence-electron chi connectivity index (χ0n) is 16.3. The number of hydrogen-bond acceptors (Lipinski definition) is 4. The standard InChI is InChI=1S/C24H21NO4/c1-28-20-15-9-14-19-22(20)23(27)25(18-12-7-4-8-13-18)24(19,16-21(26)29-2)17-10-5-3-6-11-17/h3-15H,16H2,1-2H3. The van der Waals surface area contributed by atoms with Gasteiger partial charge in [0.1, 0.15) is 11.3 Å². The van der Waals surface area contributed by atoms with E-state index >= 15 is 0 Å². The molecule has 0 saturated carbocycles. The molecule has 1 amide bonds. The molecular weight excluding hydrogens is 366 g/mol. The molecule has 0 radical (unpaired) electrons. The number of carbonyl (C=O) groups is 2. The molecule has 3 aromatic rings. The molecule has 4 rings (SSSR count). The van der Waals surface area contributed by atoms with Crippen LogP contribution in [0.4, 0.5) is 5.69 Å². The van der Waals surface area contributed by atoms with E-state index in [0.29, 0.717) is 17.0 Å². The number of para-hydroxylation sites is 1. The monoisotopic (exact) mass is 387 g/mol. The molecule has 0 aliphatic carbocycles. The molecular formula is C24H21NO4. The summed E-state index contributed by atoms with van der Waals surface area (Å²) in [5, 5.41) is 0. The Labute approximate surface area is 169 Å². The summed E-state index contributed by atoms with van der Waals surface area (Å²) < 4.78 is 10.6. The summed E-state index contributed by atoms with van der Waals surface area (Å²) in [5.74, 6) is -0.134. The van der Waals surface area contributed by atoms with Crippen LogP contribution < -0.4 is 9.64 Å². The number of carbonyl (C=O) groups excluding carboxylic acids is 2. The van der Waals surface area contributed by atoms with Gasteiger partial charge in [-0.3, -0.25) is 14.5 Å². The van der Waals surface area contributed by atoms with Gasteiger partial charge in [0.15, 0.2) is 0 Å². The van der Waals surface area contributed by atoms with Crippen molar-refractivity contribution in [2.75, 3.05) is 19.1 Å². The molecule has 0 fully saturated rings. The molecule has 1 atom stereocenters. The first-order valence-electron chi connectivity index (χ1n) is 9.33. The van der Waals surface area contributed by atoms with Crippen LogP contribution in [0, 0.1) is 0 Å². The summed E-state index contributed by atoms with van der Waals surface area (Å²) in [5.41, 5.74) is 1.67. The van der Waals surface area contributed by atoms with Gasteiger partial charge in [-0.1, -0.05) is 60.7 Å². The third-order valence-corrected chi connectivity index (χ3v) is 5.38. The molecule has 146 valence electrons. The van der Waals surface area contributed by atoms with Crippen LogP contribution >= 0.6 is 0 Å². The van der Waals surface area contributed by atoms with Crippen LogP contribution in [-0.4, -0.2) is 26.1 Å². The molecule has 1 heterocycles. The van der Waals surface area contributed by atoms with Gasteiger partial charge >= 0.3 is 5.97 Å². The second kappa shape index (κ2) is 7.43. The maximum atomic E-state index is 13.7. The van der Waals surface area contributed by atoms with Gasteiger partial charge in [-0.25, -0.2) is 0 Å². The lowest BCUT2D eigenvalue weighted by atomic mass is 9.79. The summed E-state index contributed by atoms with van der Waals surface area (Å²) in [4.78, 5) is 28.0. The number of methoxy groups -OCH3 is 2. The van der Waals surface area contributed by atoms with Crippen molar-refractivity contribution in [2.24, 2.45) is 0 Å². The maximum Gasteiger partial charge on any atom is 0.308 e. The molecule has 0 saturated heterocycles. The van der Waals surface area contributed by atoms with Crippen molar-refractivity contribution in [1.82, 2.24) is 0 Å². The fourth-order valence-corrected chi connectivity index (χ4v) is 4.14. The summed E-state index contributed by atoms with van der Waals surface area (Å²) in [6.07, 6.45) is -0.0195. The van der Waals surface area contributed by atoms with Gasteiger partial charge in [-0.15, -0.1) is 0 Å². The molecule has 0 bridgehead atoms. The third-order valence-electron chi connectivity index (χ3n) is 5.38. The number of ether oxygens (including phenoxy) is 2. The first-order valence-corrected chi connectivity index (χ1v) is 9.33. The third kappa shape index (κ3) is 2.86. The van der Waals surface area contributed by atoms with E-state index in [1.165, 1.54) is 7.11 Å². The molecule has 0 spiro atoms. The number of rotatable bonds is 5. The van der Waals surface area contributed by atoms with Crippen LogP contribution in [0.2, 0.25) is 0 Å². The Bertz CT molecular complexity index is 1050. The molecule has 0 N–H and O–H groups in total. The van der Waals surface area contributed by atoms with E-state index in [-0.39, 0.29) is 12.3 Å². The van der Waals surface area contributed by atoms with E-state index in [2.05, 4.69) is 0 Å². The minimum absolute atomic E-state index is 0.0195. The molecule has 5 heteroatoms. The lowest BCUT2D eigenvalue weighted by Crippen LogP contribution is -2.46. The first kappa shape index (κ1) is 18.7. The fraction of sp³-hybridized carbons (Fsp3) is 0.167. The van der Waals surface area contributed by atoms with Gasteiger partial charge < -0.3 is 9.47 Å². The SMILES string of the molecule is COC(=O)CC1(c2ccccc2)c2cccc(OC)c2C(=O)N1c1ccccc1. The number of hydrogen-bond donors (Lipinski definition) is 0. The predicted molar refractivity (Wildman–Crippen MR) is 110 cm³/mol. The van der Waals surface area contributed by atoms with Gasteiger partial charge in [0.05, 0.1) is 26.2 Å². The molecule has 1 aliphatic rings. The Morgan fingerprint density at radius 1 is 0.897 bits per heavy atom. The van der Waals surface area contributed by atoms with Gasteiger partial charge in [0, 0.05) is 5.69 Å². The van der Waals surface area contributed by atoms with Crippen LogP contribution in [0.15, 0.2) is 78.9 Å². The Balaban J connectivity index is 2.08. The molecule has 1 aliphatic heterocycles. The molecule has 29 heavy (non-hydrogen) atoms. The Morgan fingerprint density at radius 3 is 2.17 bits per heavy atom. The molecule has 5 nitrogen and oxygen atoms in total. The average molecular weight is 387 g/mol. The molecule has 0 aromatic heterocycles. The van der Waals surface area contributed by atoms with Gasteiger partial charge in [-0.2, -0.15) is 0 Å². The van der Waals surface area contributed by atoms with Crippen LogP contribution in [0.5, 0.6) is 5.75 Å². The number of nitrogens with zero attached hydrogens (tertiary/aromatic N) is 1. The average Bonchev–Trinajstić information content (AvgIpc) is 3.03. The van der Waals surface area contributed by atoms with Crippen molar-refractivity contribution in [3.8, 4) is 5.75 Å². The van der Waals surface area contributed by atoms with Crippen molar-refractivity contribution in [3.05, 3.63) is 95.6 Å². The van der Waals surface area contributed by atoms with Crippen molar-refractivity contribution in [3.63, 3.8) is 0 Å². The van der Waals surface area contributed by atoms with Crippen LogP contribution in [-0.2, 0) is 15.1 Å². The highest BCUT2D eigenvalue weighted by atomic mass is 16.5. The summed E-state index contributed by atoms with van der Waals surface area (Å²) in [6, 6.07) is 24.4. The van der Waals surface area contributed by atoms with E-state index in [0.717, 1.165) is 11.1 Å². The van der Waals surface area contributed by atoms with Crippen molar-refractivity contribution in [2.45, 2.75) is 12.0 Å². The lowest BCUT2D eigenvalue weighted by Gasteiger charge is -2.39. The zero-order valence-corrected chi connectivity index (χ0v) is 16.3. The van der Waals surface area contributed by atoms with Crippen molar-refractivity contribution >= 4 is 17.6 Å². The zero-order chi connectivity index (χ0) is 20.4. The normalized spacial score (nSPS) is 17.7. The quantitative estimate of drug-likeness (QED) is 0.617. The fourth-order valence-electron chi connectivity index (χ4n) is 4.14. The molecule has 3 aromatic carbocycles. The van der Waals surface area contributed by atoms with E-state index in [1.54, 1.807) is 18.1 Å². The Morgan fingerprint density at radius 2 is 1.55 bits per heavy atom. The smallest absolute Gasteiger partial charge is 0.308 e. The number of anilines is 1. The first-order chi connectivity index (χ1) is 14.1. The highest BCUT2D eigenvalue weighted by molar-refractivity contribution is 6.15. The van der Waals surface area contributed by atoms with Crippen LogP contribution in [0.1, 0.15) is 27.9 Å². The Kier molecular flexibility index (Phi) is 4.80. The van der Waals surface area contributed by atoms with E-state index < -0.39 is 11.5 Å². The minimum Gasteiger partial charge on any atom is -0.496 e. The van der Waals surface area contributed by atoms with Crippen LogP contribution in [0.25, 0.3) is 0 Å². The highest BCUT2D eigenvalue weighted by Crippen LogP contribution is 2.51. The number of benzene rings is 3. The minimum atomic E-state index is -1.04. The number of fused-ring (bicyclic) bond motifs is 1. The van der Waals surface area contributed by atoms with E-state index in [1.807, 2.05) is 72.8 Å². The topological polar surface area (TPSA) is 55.8 Å². The highest BCUT2D eigenvalue weighted by Gasteiger charge is 2.54. The van der Waals surface area contributed by atoms with Gasteiger partial charge in [0.2, 0.25) is 0 Å². The maximum absolute atomic E-state index is 13.7. The molecule has 1 unspecified atom stereocenters. The van der Waals surface area contributed by atoms with Crippen molar-refractivity contribution < 1.29 is 19.1 Å². The predicted octanol–water partition coefficient (Wildman–Crippen LogP) is 4.16. The number of amides is 1. The summed E-state index contributed by atoms with van der Waals surface area (Å²) in [7, 11) is 2.90. The van der Waals surface area contributed by atoms with Crippen molar-refractivity contribution in [1.29, 1.82) is 0 Å². The summed E-state index contributed by atoms with van der Waals surface area (Å²) in [6.45, 7) is 0. The second-order valence-corrected chi connectivity index (χ2v) is 6.84. The second-order valence-electron chi connectivity index (χ2n) is 6.84. The summed E-state index contributed by atoms with van der Waals surface area (Å²) >= 11 is 0. The largest absolute Gasteiger partial charge is 0.496 e. The van der Waals surface area contributed by atoms with Gasteiger partial charge in [0.25, 0.3) is 5.91 Å².